The van der Waals surface area contributed by atoms with Crippen LogP contribution in [0, 0.1) is 12.7 Å². The van der Waals surface area contributed by atoms with Crippen LogP contribution in [0.1, 0.15) is 12.0 Å². The number of imidazole rings is 1. The number of carbonyl (C=O) groups is 1. The second-order valence-electron chi connectivity index (χ2n) is 7.05. The van der Waals surface area contributed by atoms with Gasteiger partial charge in [0.25, 0.3) is 0 Å². The Balaban J connectivity index is 1.50. The smallest absolute Gasteiger partial charge is 0.226 e. The maximum atomic E-state index is 13.4. The Morgan fingerprint density at radius 3 is 2.77 bits per heavy atom. The molecule has 2 N–H and O–H groups in total. The number of hydrogen-bond acceptors (Lipinski definition) is 5. The normalized spacial score (nSPS) is 10.8. The third-order valence-electron chi connectivity index (χ3n) is 4.82. The molecule has 0 saturated heterocycles. The van der Waals surface area contributed by atoms with E-state index in [4.69, 9.17) is 4.74 Å². The molecular formula is C23H22FN5O2. The molecule has 0 unspecified atom stereocenters. The van der Waals surface area contributed by atoms with Crippen molar-refractivity contribution in [2.24, 2.45) is 0 Å². The van der Waals surface area contributed by atoms with E-state index in [1.165, 1.54) is 12.1 Å². The van der Waals surface area contributed by atoms with Crippen molar-refractivity contribution >= 4 is 23.1 Å². The highest BCUT2D eigenvalue weighted by molar-refractivity contribution is 5.92. The van der Waals surface area contributed by atoms with Gasteiger partial charge in [-0.1, -0.05) is 6.07 Å². The first-order valence-corrected chi connectivity index (χ1v) is 9.81. The van der Waals surface area contributed by atoms with E-state index in [0.717, 1.165) is 11.1 Å². The number of aromatic nitrogens is 3. The molecular weight excluding hydrogens is 397 g/mol. The van der Waals surface area contributed by atoms with Gasteiger partial charge in [-0.25, -0.2) is 9.37 Å². The van der Waals surface area contributed by atoms with Crippen LogP contribution in [-0.4, -0.2) is 33.9 Å². The number of methoxy groups -OCH3 is 1. The minimum Gasteiger partial charge on any atom is -0.495 e. The SMILES string of the molecule is COc1ccc(C)cc1NC(=O)CCNc1c(-c2ccc(F)cc2)nc2cnccn12. The summed E-state index contributed by atoms with van der Waals surface area (Å²) >= 11 is 0. The molecule has 7 nitrogen and oxygen atoms in total. The molecule has 2 aromatic heterocycles. The summed E-state index contributed by atoms with van der Waals surface area (Å²) in [5.74, 6) is 0.867. The summed E-state index contributed by atoms with van der Waals surface area (Å²) in [4.78, 5) is 21.2. The van der Waals surface area contributed by atoms with Gasteiger partial charge in [0.1, 0.15) is 23.1 Å². The molecule has 0 aliphatic rings. The Bertz CT molecular complexity index is 1220. The highest BCUT2D eigenvalue weighted by Gasteiger charge is 2.15. The fraction of sp³-hybridized carbons (Fsp3) is 0.174. The van der Waals surface area contributed by atoms with Crippen molar-refractivity contribution in [3.63, 3.8) is 0 Å². The summed E-state index contributed by atoms with van der Waals surface area (Å²) in [5.41, 5.74) is 3.74. The number of amides is 1. The number of rotatable bonds is 7. The van der Waals surface area contributed by atoms with Crippen molar-refractivity contribution in [1.82, 2.24) is 14.4 Å². The topological polar surface area (TPSA) is 80.5 Å². The van der Waals surface area contributed by atoms with Gasteiger partial charge in [-0.05, 0) is 48.9 Å². The summed E-state index contributed by atoms with van der Waals surface area (Å²) in [7, 11) is 1.57. The van der Waals surface area contributed by atoms with E-state index in [-0.39, 0.29) is 18.1 Å². The molecule has 4 rings (SSSR count). The van der Waals surface area contributed by atoms with Gasteiger partial charge in [0.15, 0.2) is 5.65 Å². The van der Waals surface area contributed by atoms with Gasteiger partial charge in [-0.2, -0.15) is 0 Å². The minimum absolute atomic E-state index is 0.143. The zero-order valence-corrected chi connectivity index (χ0v) is 17.2. The van der Waals surface area contributed by atoms with E-state index in [2.05, 4.69) is 20.6 Å². The molecule has 0 saturated carbocycles. The fourth-order valence-electron chi connectivity index (χ4n) is 3.31. The van der Waals surface area contributed by atoms with Crippen molar-refractivity contribution < 1.29 is 13.9 Å². The van der Waals surface area contributed by atoms with Crippen LogP contribution in [0.4, 0.5) is 15.9 Å². The predicted molar refractivity (Wildman–Crippen MR) is 118 cm³/mol. The lowest BCUT2D eigenvalue weighted by Gasteiger charge is -2.12. The molecule has 8 heteroatoms. The number of aryl methyl sites for hydroxylation is 1. The molecule has 4 aromatic rings. The van der Waals surface area contributed by atoms with Crippen LogP contribution in [0.25, 0.3) is 16.9 Å². The maximum Gasteiger partial charge on any atom is 0.226 e. The molecule has 0 aliphatic carbocycles. The van der Waals surface area contributed by atoms with Crippen LogP contribution in [0.2, 0.25) is 0 Å². The first kappa shape index (κ1) is 20.3. The van der Waals surface area contributed by atoms with Crippen LogP contribution in [0.5, 0.6) is 5.75 Å². The van der Waals surface area contributed by atoms with Crippen molar-refractivity contribution in [1.29, 1.82) is 0 Å². The Morgan fingerprint density at radius 1 is 1.19 bits per heavy atom. The number of fused-ring (bicyclic) bond motifs is 1. The minimum atomic E-state index is -0.313. The standard InChI is InChI=1S/C23H22FN5O2/c1-15-3-8-19(31-2)18(13-15)27-21(30)9-10-26-23-22(16-4-6-17(24)7-5-16)28-20-14-25-11-12-29(20)23/h3-8,11-14,26H,9-10H2,1-2H3,(H,27,30). The summed E-state index contributed by atoms with van der Waals surface area (Å²) in [6, 6.07) is 11.7. The molecule has 0 spiro atoms. The highest BCUT2D eigenvalue weighted by atomic mass is 19.1. The lowest BCUT2D eigenvalue weighted by Crippen LogP contribution is -2.17. The molecule has 1 amide bonds. The van der Waals surface area contributed by atoms with Gasteiger partial charge >= 0.3 is 0 Å². The first-order valence-electron chi connectivity index (χ1n) is 9.81. The van der Waals surface area contributed by atoms with E-state index in [1.807, 2.05) is 29.5 Å². The Labute approximate surface area is 178 Å². The fourth-order valence-corrected chi connectivity index (χ4v) is 3.31. The lowest BCUT2D eigenvalue weighted by atomic mass is 10.1. The van der Waals surface area contributed by atoms with E-state index in [1.54, 1.807) is 37.8 Å². The van der Waals surface area contributed by atoms with E-state index < -0.39 is 0 Å². The zero-order valence-electron chi connectivity index (χ0n) is 17.2. The van der Waals surface area contributed by atoms with Crippen molar-refractivity contribution in [3.05, 3.63) is 72.4 Å². The van der Waals surface area contributed by atoms with Gasteiger partial charge in [-0.15, -0.1) is 0 Å². The third kappa shape index (κ3) is 4.48. The summed E-state index contributed by atoms with van der Waals surface area (Å²) < 4.78 is 20.5. The van der Waals surface area contributed by atoms with E-state index in [9.17, 15) is 9.18 Å². The second-order valence-corrected chi connectivity index (χ2v) is 7.05. The van der Waals surface area contributed by atoms with Gasteiger partial charge in [0, 0.05) is 30.9 Å². The van der Waals surface area contributed by atoms with Crippen LogP contribution in [0.15, 0.2) is 61.1 Å². The van der Waals surface area contributed by atoms with Crippen LogP contribution < -0.4 is 15.4 Å². The van der Waals surface area contributed by atoms with E-state index >= 15 is 0 Å². The average Bonchev–Trinajstić information content (AvgIpc) is 3.13. The molecule has 158 valence electrons. The van der Waals surface area contributed by atoms with Crippen LogP contribution >= 0.6 is 0 Å². The number of nitrogens with one attached hydrogen (secondary N) is 2. The summed E-state index contributed by atoms with van der Waals surface area (Å²) in [5, 5.41) is 6.19. The van der Waals surface area contributed by atoms with Crippen molar-refractivity contribution in [2.75, 3.05) is 24.3 Å². The number of ether oxygens (including phenoxy) is 1. The lowest BCUT2D eigenvalue weighted by molar-refractivity contribution is -0.116. The molecule has 0 radical (unpaired) electrons. The molecule has 2 aromatic carbocycles. The molecule has 0 aliphatic heterocycles. The largest absolute Gasteiger partial charge is 0.495 e. The number of nitrogens with zero attached hydrogens (tertiary/aromatic N) is 3. The Kier molecular flexibility index (Phi) is 5.79. The van der Waals surface area contributed by atoms with Crippen molar-refractivity contribution in [2.45, 2.75) is 13.3 Å². The molecule has 0 bridgehead atoms. The zero-order chi connectivity index (χ0) is 21.8. The van der Waals surface area contributed by atoms with E-state index in [0.29, 0.717) is 35.1 Å². The van der Waals surface area contributed by atoms with Crippen LogP contribution in [0.3, 0.4) is 0 Å². The van der Waals surface area contributed by atoms with Gasteiger partial charge in [0.2, 0.25) is 5.91 Å². The quantitative estimate of drug-likeness (QED) is 0.467. The van der Waals surface area contributed by atoms with Gasteiger partial charge < -0.3 is 15.4 Å². The Hall–Kier alpha value is -3.94. The number of anilines is 2. The molecule has 0 atom stereocenters. The van der Waals surface area contributed by atoms with Crippen molar-refractivity contribution in [3.8, 4) is 17.0 Å². The monoisotopic (exact) mass is 419 g/mol. The third-order valence-corrected chi connectivity index (χ3v) is 4.82. The molecule has 0 fully saturated rings. The van der Waals surface area contributed by atoms with Gasteiger partial charge in [0.05, 0.1) is 19.0 Å². The predicted octanol–water partition coefficient (Wildman–Crippen LogP) is 4.29. The van der Waals surface area contributed by atoms with Crippen LogP contribution in [-0.2, 0) is 4.79 Å². The molecule has 2 heterocycles. The van der Waals surface area contributed by atoms with Gasteiger partial charge in [-0.3, -0.25) is 14.2 Å². The summed E-state index contributed by atoms with van der Waals surface area (Å²) in [6.07, 6.45) is 5.33. The number of carbonyl (C=O) groups excluding carboxylic acids is 1. The highest BCUT2D eigenvalue weighted by Crippen LogP contribution is 2.29. The number of halogens is 1. The molecule has 31 heavy (non-hydrogen) atoms. The number of hydrogen-bond donors (Lipinski definition) is 2. The Morgan fingerprint density at radius 2 is 2.00 bits per heavy atom. The second kappa shape index (κ2) is 8.83. The number of benzene rings is 2. The first-order chi connectivity index (χ1) is 15.0. The summed E-state index contributed by atoms with van der Waals surface area (Å²) in [6.45, 7) is 2.33. The maximum absolute atomic E-state index is 13.4. The average molecular weight is 419 g/mol.